The minimum Gasteiger partial charge on any atom is -0.396 e. The van der Waals surface area contributed by atoms with Crippen molar-refractivity contribution >= 4 is 5.91 Å². The Morgan fingerprint density at radius 2 is 2.10 bits per heavy atom. The van der Waals surface area contributed by atoms with Gasteiger partial charge in [-0.1, -0.05) is 0 Å². The lowest BCUT2D eigenvalue weighted by Crippen LogP contribution is -2.46. The van der Waals surface area contributed by atoms with Crippen molar-refractivity contribution in [2.45, 2.75) is 45.6 Å². The number of amides is 1. The summed E-state index contributed by atoms with van der Waals surface area (Å²) in [6, 6.07) is 0.0221. The molecule has 1 N–H and O–H groups in total. The van der Waals surface area contributed by atoms with E-state index in [1.54, 1.807) is 25.8 Å². The van der Waals surface area contributed by atoms with Gasteiger partial charge < -0.3 is 10.0 Å². The second-order valence-electron chi connectivity index (χ2n) is 5.67. The standard InChI is InChI=1S/C15H23N3O3/c1-10-11(2)16-17(3)14(20)13(10)15(21)18-8-5-4-6-12(18)7-9-19/h12,19H,4-9H2,1-3H3. The van der Waals surface area contributed by atoms with Gasteiger partial charge in [-0.05, 0) is 45.1 Å². The van der Waals surface area contributed by atoms with Crippen LogP contribution in [0.1, 0.15) is 47.3 Å². The summed E-state index contributed by atoms with van der Waals surface area (Å²) in [6.45, 7) is 4.27. The van der Waals surface area contributed by atoms with Crippen molar-refractivity contribution in [3.63, 3.8) is 0 Å². The van der Waals surface area contributed by atoms with Crippen molar-refractivity contribution in [3.8, 4) is 0 Å². The smallest absolute Gasteiger partial charge is 0.279 e. The van der Waals surface area contributed by atoms with E-state index in [-0.39, 0.29) is 29.7 Å². The first-order chi connectivity index (χ1) is 9.97. The van der Waals surface area contributed by atoms with Crippen molar-refractivity contribution < 1.29 is 9.90 Å². The molecular weight excluding hydrogens is 270 g/mol. The minimum atomic E-state index is -0.351. The zero-order chi connectivity index (χ0) is 15.6. The maximum atomic E-state index is 12.8. The molecule has 1 atom stereocenters. The largest absolute Gasteiger partial charge is 0.396 e. The normalized spacial score (nSPS) is 18.9. The summed E-state index contributed by atoms with van der Waals surface area (Å²) < 4.78 is 1.22. The molecule has 1 saturated heterocycles. The second kappa shape index (κ2) is 6.39. The van der Waals surface area contributed by atoms with Gasteiger partial charge in [0.05, 0.1) is 5.69 Å². The number of rotatable bonds is 3. The van der Waals surface area contributed by atoms with E-state index in [1.165, 1.54) is 4.68 Å². The van der Waals surface area contributed by atoms with Crippen LogP contribution in [0.4, 0.5) is 0 Å². The number of aromatic nitrogens is 2. The Bertz CT molecular complexity index is 593. The van der Waals surface area contributed by atoms with Crippen molar-refractivity contribution in [1.82, 2.24) is 14.7 Å². The molecule has 6 heteroatoms. The molecule has 0 aliphatic carbocycles. The average Bonchev–Trinajstić information content (AvgIpc) is 2.46. The summed E-state index contributed by atoms with van der Waals surface area (Å²) in [5.74, 6) is -0.225. The second-order valence-corrected chi connectivity index (χ2v) is 5.67. The van der Waals surface area contributed by atoms with Crippen LogP contribution in [0.3, 0.4) is 0 Å². The van der Waals surface area contributed by atoms with Crippen LogP contribution in [0.15, 0.2) is 4.79 Å². The maximum Gasteiger partial charge on any atom is 0.279 e. The van der Waals surface area contributed by atoms with E-state index in [9.17, 15) is 14.7 Å². The maximum absolute atomic E-state index is 12.8. The summed E-state index contributed by atoms with van der Waals surface area (Å²) in [7, 11) is 1.56. The van der Waals surface area contributed by atoms with Gasteiger partial charge in [-0.15, -0.1) is 0 Å². The summed E-state index contributed by atoms with van der Waals surface area (Å²) in [5.41, 5.74) is 1.21. The van der Waals surface area contributed by atoms with E-state index in [0.717, 1.165) is 19.3 Å². The Hall–Kier alpha value is -1.69. The van der Waals surface area contributed by atoms with Gasteiger partial charge in [0.1, 0.15) is 5.56 Å². The monoisotopic (exact) mass is 293 g/mol. The quantitative estimate of drug-likeness (QED) is 0.893. The van der Waals surface area contributed by atoms with Crippen molar-refractivity contribution in [3.05, 3.63) is 27.2 Å². The molecule has 1 aromatic heterocycles. The summed E-state index contributed by atoms with van der Waals surface area (Å²) in [4.78, 5) is 26.9. The number of aliphatic hydroxyl groups is 1. The first kappa shape index (κ1) is 15.7. The zero-order valence-corrected chi connectivity index (χ0v) is 12.9. The van der Waals surface area contributed by atoms with Crippen LogP contribution in [-0.2, 0) is 7.05 Å². The fraction of sp³-hybridized carbons (Fsp3) is 0.667. The number of piperidine rings is 1. The van der Waals surface area contributed by atoms with Gasteiger partial charge in [0.2, 0.25) is 0 Å². The molecule has 1 aliphatic heterocycles. The molecule has 1 fully saturated rings. The van der Waals surface area contributed by atoms with Gasteiger partial charge in [0.15, 0.2) is 0 Å². The predicted octanol–water partition coefficient (Wildman–Crippen LogP) is 0.774. The number of carbonyl (C=O) groups is 1. The first-order valence-electron chi connectivity index (χ1n) is 7.43. The first-order valence-corrected chi connectivity index (χ1v) is 7.43. The number of hydrogen-bond donors (Lipinski definition) is 1. The molecule has 2 heterocycles. The van der Waals surface area contributed by atoms with Gasteiger partial charge in [0, 0.05) is 26.2 Å². The Labute approximate surface area is 124 Å². The molecule has 0 spiro atoms. The highest BCUT2D eigenvalue weighted by Crippen LogP contribution is 2.22. The molecule has 1 aliphatic rings. The fourth-order valence-corrected chi connectivity index (χ4v) is 2.96. The van der Waals surface area contributed by atoms with E-state index in [1.807, 2.05) is 0 Å². The molecule has 2 rings (SSSR count). The van der Waals surface area contributed by atoms with Crippen molar-refractivity contribution in [2.24, 2.45) is 7.05 Å². The third-order valence-electron chi connectivity index (χ3n) is 4.29. The SMILES string of the molecule is Cc1nn(C)c(=O)c(C(=O)N2CCCCC2CCO)c1C. The van der Waals surface area contributed by atoms with E-state index < -0.39 is 0 Å². The molecular formula is C15H23N3O3. The van der Waals surface area contributed by atoms with E-state index in [4.69, 9.17) is 0 Å². The summed E-state index contributed by atoms with van der Waals surface area (Å²) >= 11 is 0. The van der Waals surface area contributed by atoms with Gasteiger partial charge in [0.25, 0.3) is 11.5 Å². The average molecular weight is 293 g/mol. The zero-order valence-electron chi connectivity index (χ0n) is 12.9. The van der Waals surface area contributed by atoms with E-state index in [2.05, 4.69) is 5.10 Å². The molecule has 0 saturated carbocycles. The molecule has 1 unspecified atom stereocenters. The van der Waals surface area contributed by atoms with Gasteiger partial charge in [-0.3, -0.25) is 9.59 Å². The highest BCUT2D eigenvalue weighted by Gasteiger charge is 2.30. The Balaban J connectivity index is 2.41. The molecule has 0 radical (unpaired) electrons. The molecule has 1 aromatic rings. The molecule has 0 aromatic carbocycles. The lowest BCUT2D eigenvalue weighted by Gasteiger charge is -2.35. The molecule has 1 amide bonds. The van der Waals surface area contributed by atoms with E-state index in [0.29, 0.717) is 24.2 Å². The van der Waals surface area contributed by atoms with Crippen LogP contribution >= 0.6 is 0 Å². The molecule has 21 heavy (non-hydrogen) atoms. The minimum absolute atomic E-state index is 0.0221. The lowest BCUT2D eigenvalue weighted by molar-refractivity contribution is 0.0571. The Morgan fingerprint density at radius 3 is 2.76 bits per heavy atom. The molecule has 0 bridgehead atoms. The molecule has 116 valence electrons. The van der Waals surface area contributed by atoms with Crippen LogP contribution in [0.2, 0.25) is 0 Å². The third-order valence-corrected chi connectivity index (χ3v) is 4.29. The van der Waals surface area contributed by atoms with E-state index >= 15 is 0 Å². The number of aliphatic hydroxyl groups excluding tert-OH is 1. The predicted molar refractivity (Wildman–Crippen MR) is 79.3 cm³/mol. The van der Waals surface area contributed by atoms with Crippen LogP contribution in [0, 0.1) is 13.8 Å². The highest BCUT2D eigenvalue weighted by molar-refractivity contribution is 5.95. The topological polar surface area (TPSA) is 75.4 Å². The Kier molecular flexibility index (Phi) is 4.77. The number of nitrogens with zero attached hydrogens (tertiary/aromatic N) is 3. The van der Waals surface area contributed by atoms with Crippen LogP contribution in [0.5, 0.6) is 0 Å². The van der Waals surface area contributed by atoms with Crippen LogP contribution in [0.25, 0.3) is 0 Å². The van der Waals surface area contributed by atoms with Crippen LogP contribution in [-0.4, -0.2) is 44.9 Å². The van der Waals surface area contributed by atoms with Gasteiger partial charge in [-0.25, -0.2) is 4.68 Å². The number of hydrogen-bond acceptors (Lipinski definition) is 4. The summed E-state index contributed by atoms with van der Waals surface area (Å²) in [6.07, 6.45) is 3.45. The van der Waals surface area contributed by atoms with Crippen molar-refractivity contribution in [1.29, 1.82) is 0 Å². The highest BCUT2D eigenvalue weighted by atomic mass is 16.3. The lowest BCUT2D eigenvalue weighted by atomic mass is 9.97. The number of carbonyl (C=O) groups excluding carboxylic acids is 1. The number of aryl methyl sites for hydroxylation is 2. The fourth-order valence-electron chi connectivity index (χ4n) is 2.96. The Morgan fingerprint density at radius 1 is 1.38 bits per heavy atom. The van der Waals surface area contributed by atoms with Gasteiger partial charge in [-0.2, -0.15) is 5.10 Å². The third kappa shape index (κ3) is 3.00. The van der Waals surface area contributed by atoms with Gasteiger partial charge >= 0.3 is 0 Å². The summed E-state index contributed by atoms with van der Waals surface area (Å²) in [5, 5.41) is 13.3. The van der Waals surface area contributed by atoms with Crippen molar-refractivity contribution in [2.75, 3.05) is 13.2 Å². The van der Waals surface area contributed by atoms with Crippen LogP contribution < -0.4 is 5.56 Å². The molecule has 6 nitrogen and oxygen atoms in total. The number of likely N-dealkylation sites (tertiary alicyclic amines) is 1.